The van der Waals surface area contributed by atoms with Crippen LogP contribution in [0.25, 0.3) is 0 Å². The Balaban J connectivity index is 2.01. The number of hydrazine groups is 1. The van der Waals surface area contributed by atoms with Crippen LogP contribution in [0.1, 0.15) is 21.9 Å². The highest BCUT2D eigenvalue weighted by Crippen LogP contribution is 2.21. The van der Waals surface area contributed by atoms with Gasteiger partial charge in [0.15, 0.2) is 0 Å². The van der Waals surface area contributed by atoms with Crippen molar-refractivity contribution >= 4 is 17.7 Å². The number of benzene rings is 1. The first kappa shape index (κ1) is 14.5. The Morgan fingerprint density at radius 2 is 2.10 bits per heavy atom. The molecular weight excluding hydrogens is 276 g/mol. The third kappa shape index (κ3) is 3.34. The smallest absolute Gasteiger partial charge is 0.268 e. The summed E-state index contributed by atoms with van der Waals surface area (Å²) in [4.78, 5) is 12.6. The predicted octanol–water partition coefficient (Wildman–Crippen LogP) is 2.49. The van der Waals surface area contributed by atoms with Crippen molar-refractivity contribution in [1.29, 1.82) is 0 Å². The van der Waals surface area contributed by atoms with Crippen LogP contribution in [-0.4, -0.2) is 12.2 Å². The zero-order valence-electron chi connectivity index (χ0n) is 11.3. The van der Waals surface area contributed by atoms with E-state index in [0.717, 1.165) is 5.75 Å². The number of thioether (sulfide) groups is 1. The molecule has 6 heteroatoms. The second-order valence-electron chi connectivity index (χ2n) is 4.12. The lowest BCUT2D eigenvalue weighted by molar-refractivity contribution is 0.0952. The maximum Gasteiger partial charge on any atom is 0.268 e. The minimum absolute atomic E-state index is 0.261. The van der Waals surface area contributed by atoms with Crippen LogP contribution in [0.4, 0.5) is 0 Å². The Morgan fingerprint density at radius 1 is 1.40 bits per heavy atom. The molecule has 0 fully saturated rings. The van der Waals surface area contributed by atoms with Gasteiger partial charge in [-0.25, -0.2) is 5.84 Å². The fraction of sp³-hybridized carbons (Fsp3) is 0.214. The number of furan rings is 1. The van der Waals surface area contributed by atoms with Crippen molar-refractivity contribution in [2.45, 2.75) is 18.4 Å². The molecule has 0 unspecified atom stereocenters. The Kier molecular flexibility index (Phi) is 4.70. The van der Waals surface area contributed by atoms with Gasteiger partial charge in [-0.05, 0) is 43.5 Å². The minimum atomic E-state index is -0.373. The molecule has 2 rings (SSSR count). The van der Waals surface area contributed by atoms with Gasteiger partial charge in [0.05, 0.1) is 5.56 Å². The van der Waals surface area contributed by atoms with Gasteiger partial charge in [0.1, 0.15) is 23.9 Å². The molecule has 2 aromatic rings. The number of nitrogen functional groups attached to an aromatic ring is 1. The lowest BCUT2D eigenvalue weighted by Crippen LogP contribution is -2.30. The van der Waals surface area contributed by atoms with Gasteiger partial charge in [-0.3, -0.25) is 10.2 Å². The first-order chi connectivity index (χ1) is 9.63. The quantitative estimate of drug-likeness (QED) is 0.383. The largest absolute Gasteiger partial charge is 0.486 e. The van der Waals surface area contributed by atoms with Gasteiger partial charge in [-0.15, -0.1) is 11.8 Å². The molecule has 5 nitrogen and oxygen atoms in total. The van der Waals surface area contributed by atoms with Gasteiger partial charge in [0.2, 0.25) is 0 Å². The van der Waals surface area contributed by atoms with Crippen molar-refractivity contribution in [1.82, 2.24) is 5.43 Å². The Morgan fingerprint density at radius 3 is 2.70 bits per heavy atom. The standard InChI is InChI=1S/C14H16N2O3S/c1-9-13(14(17)16-15)7-11(19-9)8-18-10-3-5-12(20-2)6-4-10/h3-7H,8,15H2,1-2H3,(H,16,17). The Labute approximate surface area is 121 Å². The van der Waals surface area contributed by atoms with Crippen LogP contribution in [0, 0.1) is 6.92 Å². The molecule has 0 radical (unpaired) electrons. The van der Waals surface area contributed by atoms with Crippen molar-refractivity contribution in [2.75, 3.05) is 6.26 Å². The minimum Gasteiger partial charge on any atom is -0.486 e. The number of aryl methyl sites for hydroxylation is 1. The fourth-order valence-electron chi connectivity index (χ4n) is 1.74. The molecule has 106 valence electrons. The molecule has 1 aromatic heterocycles. The molecule has 1 aromatic carbocycles. The maximum absolute atomic E-state index is 11.5. The first-order valence-corrected chi connectivity index (χ1v) is 7.23. The van der Waals surface area contributed by atoms with E-state index in [4.69, 9.17) is 15.0 Å². The van der Waals surface area contributed by atoms with Gasteiger partial charge < -0.3 is 9.15 Å². The van der Waals surface area contributed by atoms with E-state index in [1.165, 1.54) is 4.90 Å². The summed E-state index contributed by atoms with van der Waals surface area (Å²) in [6.07, 6.45) is 2.02. The molecule has 0 saturated heterocycles. The zero-order chi connectivity index (χ0) is 14.5. The van der Waals surface area contributed by atoms with Crippen molar-refractivity contribution in [3.63, 3.8) is 0 Å². The van der Waals surface area contributed by atoms with Gasteiger partial charge in [-0.2, -0.15) is 0 Å². The maximum atomic E-state index is 11.5. The van der Waals surface area contributed by atoms with Gasteiger partial charge in [-0.1, -0.05) is 0 Å². The van der Waals surface area contributed by atoms with E-state index in [2.05, 4.69) is 5.43 Å². The number of ether oxygens (including phenoxy) is 1. The lowest BCUT2D eigenvalue weighted by Gasteiger charge is -2.04. The summed E-state index contributed by atoms with van der Waals surface area (Å²) in [5.41, 5.74) is 2.50. The number of amides is 1. The molecular formula is C14H16N2O3S. The number of hydrogen-bond acceptors (Lipinski definition) is 5. The molecule has 3 N–H and O–H groups in total. The van der Waals surface area contributed by atoms with E-state index >= 15 is 0 Å². The summed E-state index contributed by atoms with van der Waals surface area (Å²) in [5, 5.41) is 0. The number of nitrogens with two attached hydrogens (primary N) is 1. The highest BCUT2D eigenvalue weighted by atomic mass is 32.2. The Bertz CT molecular complexity index is 593. The highest BCUT2D eigenvalue weighted by Gasteiger charge is 2.14. The van der Waals surface area contributed by atoms with E-state index in [1.54, 1.807) is 24.8 Å². The number of carbonyl (C=O) groups excluding carboxylic acids is 1. The predicted molar refractivity (Wildman–Crippen MR) is 77.7 cm³/mol. The molecule has 1 heterocycles. The molecule has 0 aliphatic rings. The van der Waals surface area contributed by atoms with Crippen LogP contribution in [0.2, 0.25) is 0 Å². The van der Waals surface area contributed by atoms with Crippen LogP contribution in [-0.2, 0) is 6.61 Å². The number of nitrogens with one attached hydrogen (secondary N) is 1. The van der Waals surface area contributed by atoms with E-state index in [1.807, 2.05) is 30.5 Å². The van der Waals surface area contributed by atoms with Crippen molar-refractivity contribution in [3.8, 4) is 5.75 Å². The second-order valence-corrected chi connectivity index (χ2v) is 5.00. The zero-order valence-corrected chi connectivity index (χ0v) is 12.1. The molecule has 0 atom stereocenters. The monoisotopic (exact) mass is 292 g/mol. The van der Waals surface area contributed by atoms with E-state index in [9.17, 15) is 4.79 Å². The van der Waals surface area contributed by atoms with Crippen LogP contribution in [0.5, 0.6) is 5.75 Å². The van der Waals surface area contributed by atoms with Crippen molar-refractivity contribution in [2.24, 2.45) is 5.84 Å². The van der Waals surface area contributed by atoms with Crippen molar-refractivity contribution < 1.29 is 13.9 Å². The number of carbonyl (C=O) groups is 1. The van der Waals surface area contributed by atoms with E-state index in [-0.39, 0.29) is 12.5 Å². The van der Waals surface area contributed by atoms with E-state index in [0.29, 0.717) is 17.1 Å². The highest BCUT2D eigenvalue weighted by molar-refractivity contribution is 7.98. The molecule has 0 saturated carbocycles. The summed E-state index contributed by atoms with van der Waals surface area (Å²) < 4.78 is 11.1. The molecule has 0 aliphatic carbocycles. The van der Waals surface area contributed by atoms with Gasteiger partial charge in [0, 0.05) is 4.90 Å². The third-order valence-corrected chi connectivity index (χ3v) is 3.53. The normalized spacial score (nSPS) is 10.3. The molecule has 0 spiro atoms. The van der Waals surface area contributed by atoms with Crippen LogP contribution >= 0.6 is 11.8 Å². The van der Waals surface area contributed by atoms with Crippen molar-refractivity contribution in [3.05, 3.63) is 47.4 Å². The van der Waals surface area contributed by atoms with Crippen LogP contribution in [0.3, 0.4) is 0 Å². The van der Waals surface area contributed by atoms with Gasteiger partial charge >= 0.3 is 0 Å². The fourth-order valence-corrected chi connectivity index (χ4v) is 2.15. The summed E-state index contributed by atoms with van der Waals surface area (Å²) in [5.74, 6) is 6.57. The second kappa shape index (κ2) is 6.49. The summed E-state index contributed by atoms with van der Waals surface area (Å²) in [7, 11) is 0. The van der Waals surface area contributed by atoms with Gasteiger partial charge in [0.25, 0.3) is 5.91 Å². The SMILES string of the molecule is CSc1ccc(OCc2cc(C(=O)NN)c(C)o2)cc1. The molecule has 20 heavy (non-hydrogen) atoms. The number of rotatable bonds is 5. The molecule has 0 bridgehead atoms. The van der Waals surface area contributed by atoms with Crippen LogP contribution in [0.15, 0.2) is 39.6 Å². The summed E-state index contributed by atoms with van der Waals surface area (Å²) >= 11 is 1.67. The number of hydrogen-bond donors (Lipinski definition) is 2. The average molecular weight is 292 g/mol. The topological polar surface area (TPSA) is 77.5 Å². The third-order valence-electron chi connectivity index (χ3n) is 2.79. The van der Waals surface area contributed by atoms with Crippen LogP contribution < -0.4 is 16.0 Å². The van der Waals surface area contributed by atoms with E-state index < -0.39 is 0 Å². The Hall–Kier alpha value is -1.92. The first-order valence-electron chi connectivity index (χ1n) is 6.01. The molecule has 1 amide bonds. The summed E-state index contributed by atoms with van der Waals surface area (Å²) in [6.45, 7) is 1.97. The average Bonchev–Trinajstić information content (AvgIpc) is 2.86. The molecule has 0 aliphatic heterocycles. The summed E-state index contributed by atoms with van der Waals surface area (Å²) in [6, 6.07) is 9.40. The lowest BCUT2D eigenvalue weighted by atomic mass is 10.2.